The van der Waals surface area contributed by atoms with E-state index in [4.69, 9.17) is 16.3 Å². The van der Waals surface area contributed by atoms with Crippen LogP contribution in [-0.4, -0.2) is 23.6 Å². The van der Waals surface area contributed by atoms with Gasteiger partial charge in [-0.1, -0.05) is 23.7 Å². The Labute approximate surface area is 200 Å². The highest BCUT2D eigenvalue weighted by molar-refractivity contribution is 6.53. The lowest BCUT2D eigenvalue weighted by Gasteiger charge is -2.15. The molecule has 170 valence electrons. The third-order valence-corrected chi connectivity index (χ3v) is 5.50. The number of halogens is 1. The zero-order chi connectivity index (χ0) is 24.4. The number of ether oxygens (including phenoxy) is 1. The summed E-state index contributed by atoms with van der Waals surface area (Å²) in [5.41, 5.74) is 2.53. The first-order valence-corrected chi connectivity index (χ1v) is 10.7. The van der Waals surface area contributed by atoms with Gasteiger partial charge in [0.05, 0.1) is 11.3 Å². The van der Waals surface area contributed by atoms with E-state index in [1.807, 2.05) is 13.0 Å². The van der Waals surface area contributed by atoms with Gasteiger partial charge in [-0.2, -0.15) is 0 Å². The van der Waals surface area contributed by atoms with E-state index in [0.717, 1.165) is 10.5 Å². The van der Waals surface area contributed by atoms with E-state index < -0.39 is 17.8 Å². The molecule has 4 rings (SSSR count). The van der Waals surface area contributed by atoms with Crippen LogP contribution in [0.4, 0.5) is 11.4 Å². The van der Waals surface area contributed by atoms with Gasteiger partial charge >= 0.3 is 5.97 Å². The second kappa shape index (κ2) is 9.33. The number of nitrogens with zero attached hydrogens (tertiary/aromatic N) is 1. The van der Waals surface area contributed by atoms with Crippen LogP contribution < -0.4 is 15.0 Å². The smallest absolute Gasteiger partial charge is 0.343 e. The highest BCUT2D eigenvalue weighted by Gasteiger charge is 2.39. The largest absolute Gasteiger partial charge is 0.423 e. The van der Waals surface area contributed by atoms with Crippen molar-refractivity contribution < 1.29 is 23.9 Å². The van der Waals surface area contributed by atoms with Gasteiger partial charge in [0.25, 0.3) is 11.8 Å². The maximum Gasteiger partial charge on any atom is 0.343 e. The monoisotopic (exact) mass is 474 g/mol. The lowest BCUT2D eigenvalue weighted by atomic mass is 10.1. The van der Waals surface area contributed by atoms with Gasteiger partial charge in [-0.05, 0) is 80.1 Å². The number of hydrogen-bond acceptors (Lipinski definition) is 6. The Kier molecular flexibility index (Phi) is 6.30. The average Bonchev–Trinajstić information content (AvgIpc) is 3.03. The zero-order valence-electron chi connectivity index (χ0n) is 18.3. The molecular weight excluding hydrogens is 456 g/mol. The molecule has 0 atom stereocenters. The average molecular weight is 475 g/mol. The molecule has 0 radical (unpaired) electrons. The molecule has 0 fully saturated rings. The third kappa shape index (κ3) is 4.60. The molecule has 3 aromatic rings. The fraction of sp³-hybridized carbons (Fsp3) is 0.0769. The molecule has 34 heavy (non-hydrogen) atoms. The van der Waals surface area contributed by atoms with E-state index in [1.165, 1.54) is 19.1 Å². The van der Waals surface area contributed by atoms with Crippen molar-refractivity contribution in [2.45, 2.75) is 13.8 Å². The summed E-state index contributed by atoms with van der Waals surface area (Å²) >= 11 is 6.17. The van der Waals surface area contributed by atoms with Crippen molar-refractivity contribution in [3.8, 4) is 5.75 Å². The maximum absolute atomic E-state index is 12.9. The van der Waals surface area contributed by atoms with Gasteiger partial charge in [-0.25, -0.2) is 9.69 Å². The first-order chi connectivity index (χ1) is 16.2. The Morgan fingerprint density at radius 3 is 2.15 bits per heavy atom. The lowest BCUT2D eigenvalue weighted by Crippen LogP contribution is -2.32. The minimum Gasteiger partial charge on any atom is -0.423 e. The zero-order valence-corrected chi connectivity index (χ0v) is 19.1. The van der Waals surface area contributed by atoms with Crippen molar-refractivity contribution in [1.29, 1.82) is 0 Å². The SMILES string of the molecule is CC(=O)c1ccc(OC(=O)c2ccc(NC3=C(Cl)C(=O)N(c4cccc(C)c4)C3=O)cc2)cc1. The van der Waals surface area contributed by atoms with Crippen molar-refractivity contribution in [2.75, 3.05) is 10.2 Å². The summed E-state index contributed by atoms with van der Waals surface area (Å²) in [6, 6.07) is 19.4. The summed E-state index contributed by atoms with van der Waals surface area (Å²) in [5.74, 6) is -1.55. The normalized spacial score (nSPS) is 13.3. The van der Waals surface area contributed by atoms with Gasteiger partial charge < -0.3 is 10.1 Å². The van der Waals surface area contributed by atoms with Gasteiger partial charge in [-0.15, -0.1) is 0 Å². The van der Waals surface area contributed by atoms with Crippen LogP contribution in [0.2, 0.25) is 0 Å². The first-order valence-electron chi connectivity index (χ1n) is 10.3. The predicted octanol–water partition coefficient (Wildman–Crippen LogP) is 4.85. The number of esters is 1. The number of rotatable bonds is 6. The van der Waals surface area contributed by atoms with Gasteiger partial charge in [0, 0.05) is 11.3 Å². The fourth-order valence-corrected chi connectivity index (χ4v) is 3.58. The van der Waals surface area contributed by atoms with Crippen molar-refractivity contribution in [3.05, 3.63) is 100 Å². The molecule has 0 unspecified atom stereocenters. The minimum absolute atomic E-state index is 0.0472. The number of ketones is 1. The molecular formula is C26H19ClN2O5. The number of imide groups is 1. The summed E-state index contributed by atoms with van der Waals surface area (Å²) in [5, 5.41) is 2.65. The van der Waals surface area contributed by atoms with E-state index in [9.17, 15) is 19.2 Å². The van der Waals surface area contributed by atoms with Crippen molar-refractivity contribution >= 4 is 46.5 Å². The summed E-state index contributed by atoms with van der Waals surface area (Å²) in [7, 11) is 0. The Morgan fingerprint density at radius 1 is 0.882 bits per heavy atom. The van der Waals surface area contributed by atoms with E-state index >= 15 is 0 Å². The molecule has 0 spiro atoms. The molecule has 7 nitrogen and oxygen atoms in total. The molecule has 1 aliphatic rings. The third-order valence-electron chi connectivity index (χ3n) is 5.15. The number of nitrogens with one attached hydrogen (secondary N) is 1. The summed E-state index contributed by atoms with van der Waals surface area (Å²) in [6.07, 6.45) is 0. The number of aryl methyl sites for hydroxylation is 1. The Bertz CT molecular complexity index is 1340. The Hall–Kier alpha value is -4.23. The number of carbonyl (C=O) groups is 4. The van der Waals surface area contributed by atoms with Crippen LogP contribution >= 0.6 is 11.6 Å². The highest BCUT2D eigenvalue weighted by atomic mass is 35.5. The second-order valence-electron chi connectivity index (χ2n) is 7.65. The maximum atomic E-state index is 12.9. The number of amides is 2. The summed E-state index contributed by atoms with van der Waals surface area (Å²) in [6.45, 7) is 3.31. The van der Waals surface area contributed by atoms with Crippen molar-refractivity contribution in [2.24, 2.45) is 0 Å². The Balaban J connectivity index is 1.46. The quantitative estimate of drug-likeness (QED) is 0.237. The fourth-order valence-electron chi connectivity index (χ4n) is 3.37. The molecule has 0 aliphatic carbocycles. The number of anilines is 2. The number of Topliss-reactive ketones (excluding diaryl/α,β-unsaturated/α-hetero) is 1. The van der Waals surface area contributed by atoms with Gasteiger partial charge in [0.15, 0.2) is 5.78 Å². The Morgan fingerprint density at radius 2 is 1.53 bits per heavy atom. The molecule has 1 aliphatic heterocycles. The standard InChI is InChI=1S/C26H19ClN2O5/c1-15-4-3-5-20(14-15)29-24(31)22(27)23(25(29)32)28-19-10-6-18(7-11-19)26(33)34-21-12-8-17(9-13-21)16(2)30/h3-14,28H,1-2H3. The van der Waals surface area contributed by atoms with Gasteiger partial charge in [0.1, 0.15) is 16.5 Å². The number of carbonyl (C=O) groups excluding carboxylic acids is 4. The van der Waals surface area contributed by atoms with Gasteiger partial charge in [-0.3, -0.25) is 14.4 Å². The van der Waals surface area contributed by atoms with E-state index in [2.05, 4.69) is 5.32 Å². The van der Waals surface area contributed by atoms with Crippen molar-refractivity contribution in [3.63, 3.8) is 0 Å². The van der Waals surface area contributed by atoms with Crippen LogP contribution in [0.1, 0.15) is 33.2 Å². The summed E-state index contributed by atoms with van der Waals surface area (Å²) in [4.78, 5) is 50.3. The number of hydrogen-bond donors (Lipinski definition) is 1. The van der Waals surface area contributed by atoms with E-state index in [0.29, 0.717) is 22.7 Å². The van der Waals surface area contributed by atoms with E-state index in [-0.39, 0.29) is 22.1 Å². The van der Waals surface area contributed by atoms with Crippen LogP contribution in [-0.2, 0) is 9.59 Å². The molecule has 0 saturated carbocycles. The van der Waals surface area contributed by atoms with Gasteiger partial charge in [0.2, 0.25) is 0 Å². The molecule has 3 aromatic carbocycles. The van der Waals surface area contributed by atoms with Crippen molar-refractivity contribution in [1.82, 2.24) is 0 Å². The van der Waals surface area contributed by atoms with Crippen LogP contribution in [0.3, 0.4) is 0 Å². The molecule has 2 amide bonds. The molecule has 0 aromatic heterocycles. The highest BCUT2D eigenvalue weighted by Crippen LogP contribution is 2.30. The van der Waals surface area contributed by atoms with Crippen LogP contribution in [0.5, 0.6) is 5.75 Å². The second-order valence-corrected chi connectivity index (χ2v) is 8.02. The van der Waals surface area contributed by atoms with E-state index in [1.54, 1.807) is 54.6 Å². The minimum atomic E-state index is -0.615. The first kappa shape index (κ1) is 22.9. The van der Waals surface area contributed by atoms with Crippen LogP contribution in [0.25, 0.3) is 0 Å². The topological polar surface area (TPSA) is 92.8 Å². The summed E-state index contributed by atoms with van der Waals surface area (Å²) < 4.78 is 5.32. The molecule has 0 saturated heterocycles. The molecule has 1 heterocycles. The molecule has 1 N–H and O–H groups in total. The van der Waals surface area contributed by atoms with Crippen LogP contribution in [0, 0.1) is 6.92 Å². The molecule has 8 heteroatoms. The molecule has 0 bridgehead atoms. The van der Waals surface area contributed by atoms with Crippen LogP contribution in [0.15, 0.2) is 83.5 Å². The predicted molar refractivity (Wildman–Crippen MR) is 128 cm³/mol. The number of benzene rings is 3. The lowest BCUT2D eigenvalue weighted by molar-refractivity contribution is -0.120.